The summed E-state index contributed by atoms with van der Waals surface area (Å²) in [4.78, 5) is 8.81. The molecule has 0 aliphatic carbocycles. The number of rotatable bonds is 4. The lowest BCUT2D eigenvalue weighted by Crippen LogP contribution is -2.07. The fourth-order valence-corrected chi connectivity index (χ4v) is 1.43. The minimum absolute atomic E-state index is 0.799. The zero-order chi connectivity index (χ0) is 11.4. The smallest absolute Gasteiger partial charge is 0.159 e. The van der Waals surface area contributed by atoms with Crippen molar-refractivity contribution < 1.29 is 0 Å². The molecule has 16 heavy (non-hydrogen) atoms. The van der Waals surface area contributed by atoms with Crippen molar-refractivity contribution in [2.24, 2.45) is 0 Å². The minimum atomic E-state index is 0.799. The van der Waals surface area contributed by atoms with Gasteiger partial charge in [0.1, 0.15) is 11.6 Å². The SMILES string of the molecule is CCNc1cc(-n2cccn2)nc(CC)n1. The van der Waals surface area contributed by atoms with Gasteiger partial charge in [0.15, 0.2) is 5.82 Å². The largest absolute Gasteiger partial charge is 0.370 e. The monoisotopic (exact) mass is 217 g/mol. The van der Waals surface area contributed by atoms with Gasteiger partial charge in [-0.15, -0.1) is 0 Å². The maximum atomic E-state index is 4.43. The molecule has 0 aliphatic heterocycles. The number of hydrogen-bond donors (Lipinski definition) is 1. The zero-order valence-electron chi connectivity index (χ0n) is 9.51. The first-order chi connectivity index (χ1) is 7.83. The van der Waals surface area contributed by atoms with Crippen molar-refractivity contribution in [1.82, 2.24) is 19.7 Å². The van der Waals surface area contributed by atoms with Gasteiger partial charge in [-0.3, -0.25) is 0 Å². The molecule has 2 aromatic heterocycles. The molecule has 2 rings (SSSR count). The predicted octanol–water partition coefficient (Wildman–Crippen LogP) is 1.66. The molecule has 0 aliphatic rings. The topological polar surface area (TPSA) is 55.6 Å². The second-order valence-corrected chi connectivity index (χ2v) is 3.36. The Kier molecular flexibility index (Phi) is 3.14. The van der Waals surface area contributed by atoms with Crippen LogP contribution in [0.5, 0.6) is 0 Å². The van der Waals surface area contributed by atoms with Gasteiger partial charge in [-0.25, -0.2) is 14.6 Å². The van der Waals surface area contributed by atoms with Crippen LogP contribution < -0.4 is 5.32 Å². The molecule has 0 amide bonds. The van der Waals surface area contributed by atoms with Gasteiger partial charge in [0, 0.05) is 31.4 Å². The first kappa shape index (κ1) is 10.6. The van der Waals surface area contributed by atoms with Crippen LogP contribution in [0, 0.1) is 0 Å². The van der Waals surface area contributed by atoms with Gasteiger partial charge in [0.05, 0.1) is 0 Å². The molecule has 2 aromatic rings. The van der Waals surface area contributed by atoms with Gasteiger partial charge < -0.3 is 5.32 Å². The summed E-state index contributed by atoms with van der Waals surface area (Å²) in [6, 6.07) is 3.77. The van der Waals surface area contributed by atoms with Crippen LogP contribution in [0.4, 0.5) is 5.82 Å². The Bertz CT molecular complexity index is 449. The number of aromatic nitrogens is 4. The van der Waals surface area contributed by atoms with Gasteiger partial charge in [0.25, 0.3) is 0 Å². The number of anilines is 1. The summed E-state index contributed by atoms with van der Waals surface area (Å²) in [6.45, 7) is 4.93. The third kappa shape index (κ3) is 2.18. The Morgan fingerprint density at radius 2 is 2.19 bits per heavy atom. The average Bonchev–Trinajstić information content (AvgIpc) is 2.82. The molecule has 0 saturated heterocycles. The normalized spacial score (nSPS) is 10.4. The summed E-state index contributed by atoms with van der Waals surface area (Å²) in [5.74, 6) is 2.47. The lowest BCUT2D eigenvalue weighted by molar-refractivity contribution is 0.813. The summed E-state index contributed by atoms with van der Waals surface area (Å²) in [6.07, 6.45) is 4.42. The lowest BCUT2D eigenvalue weighted by Gasteiger charge is -2.07. The van der Waals surface area contributed by atoms with Crippen molar-refractivity contribution in [3.05, 3.63) is 30.4 Å². The Balaban J connectivity index is 2.41. The molecule has 84 valence electrons. The maximum Gasteiger partial charge on any atom is 0.159 e. The van der Waals surface area contributed by atoms with Crippen LogP contribution >= 0.6 is 0 Å². The van der Waals surface area contributed by atoms with Gasteiger partial charge >= 0.3 is 0 Å². The van der Waals surface area contributed by atoms with Crippen molar-refractivity contribution in [2.75, 3.05) is 11.9 Å². The Labute approximate surface area is 94.5 Å². The molecule has 5 nitrogen and oxygen atoms in total. The van der Waals surface area contributed by atoms with Crippen LogP contribution in [0.1, 0.15) is 19.7 Å². The molecule has 0 fully saturated rings. The van der Waals surface area contributed by atoms with Crippen LogP contribution in [0.25, 0.3) is 5.82 Å². The van der Waals surface area contributed by atoms with Crippen LogP contribution in [0.3, 0.4) is 0 Å². The fourth-order valence-electron chi connectivity index (χ4n) is 1.43. The van der Waals surface area contributed by atoms with Gasteiger partial charge in [0.2, 0.25) is 0 Å². The van der Waals surface area contributed by atoms with E-state index in [1.165, 1.54) is 0 Å². The van der Waals surface area contributed by atoms with E-state index in [1.54, 1.807) is 10.9 Å². The van der Waals surface area contributed by atoms with Crippen LogP contribution in [0.2, 0.25) is 0 Å². The first-order valence-electron chi connectivity index (χ1n) is 5.45. The first-order valence-corrected chi connectivity index (χ1v) is 5.45. The number of nitrogens with one attached hydrogen (secondary N) is 1. The van der Waals surface area contributed by atoms with Gasteiger partial charge in [-0.1, -0.05) is 6.92 Å². The Morgan fingerprint density at radius 3 is 2.81 bits per heavy atom. The van der Waals surface area contributed by atoms with Crippen molar-refractivity contribution in [1.29, 1.82) is 0 Å². The fraction of sp³-hybridized carbons (Fsp3) is 0.364. The molecule has 0 bridgehead atoms. The van der Waals surface area contributed by atoms with E-state index >= 15 is 0 Å². The summed E-state index contributed by atoms with van der Waals surface area (Å²) >= 11 is 0. The summed E-state index contributed by atoms with van der Waals surface area (Å²) in [5.41, 5.74) is 0. The average molecular weight is 217 g/mol. The highest BCUT2D eigenvalue weighted by atomic mass is 15.3. The standard InChI is InChI=1S/C11H15N5/c1-3-9-14-10(12-4-2)8-11(15-9)16-7-5-6-13-16/h5-8H,3-4H2,1-2H3,(H,12,14,15). The minimum Gasteiger partial charge on any atom is -0.370 e. The van der Waals surface area contributed by atoms with Crippen molar-refractivity contribution in [3.8, 4) is 5.82 Å². The van der Waals surface area contributed by atoms with Crippen LogP contribution in [0.15, 0.2) is 24.5 Å². The molecule has 1 N–H and O–H groups in total. The van der Waals surface area contributed by atoms with Gasteiger partial charge in [-0.2, -0.15) is 5.10 Å². The summed E-state index contributed by atoms with van der Waals surface area (Å²) in [5, 5.41) is 7.35. The third-order valence-corrected chi connectivity index (χ3v) is 2.17. The number of nitrogens with zero attached hydrogens (tertiary/aromatic N) is 4. The highest BCUT2D eigenvalue weighted by Crippen LogP contribution is 2.10. The highest BCUT2D eigenvalue weighted by Gasteiger charge is 2.04. The highest BCUT2D eigenvalue weighted by molar-refractivity contribution is 5.41. The molecule has 0 spiro atoms. The third-order valence-electron chi connectivity index (χ3n) is 2.17. The van der Waals surface area contributed by atoms with E-state index in [-0.39, 0.29) is 0 Å². The Hall–Kier alpha value is -1.91. The van der Waals surface area contributed by atoms with Crippen molar-refractivity contribution in [2.45, 2.75) is 20.3 Å². The summed E-state index contributed by atoms with van der Waals surface area (Å²) in [7, 11) is 0. The molecule has 0 radical (unpaired) electrons. The van der Waals surface area contributed by atoms with E-state index in [0.29, 0.717) is 0 Å². The molecule has 2 heterocycles. The van der Waals surface area contributed by atoms with Crippen molar-refractivity contribution >= 4 is 5.82 Å². The second kappa shape index (κ2) is 4.74. The molecule has 5 heteroatoms. The van der Waals surface area contributed by atoms with Crippen LogP contribution in [-0.4, -0.2) is 26.3 Å². The summed E-state index contributed by atoms with van der Waals surface area (Å²) < 4.78 is 1.74. The van der Waals surface area contributed by atoms with Crippen molar-refractivity contribution in [3.63, 3.8) is 0 Å². The van der Waals surface area contributed by atoms with E-state index in [0.717, 1.165) is 30.4 Å². The van der Waals surface area contributed by atoms with E-state index < -0.39 is 0 Å². The Morgan fingerprint density at radius 1 is 1.31 bits per heavy atom. The number of hydrogen-bond acceptors (Lipinski definition) is 4. The maximum absolute atomic E-state index is 4.43. The quantitative estimate of drug-likeness (QED) is 0.846. The van der Waals surface area contributed by atoms with Crippen LogP contribution in [-0.2, 0) is 6.42 Å². The molecular formula is C11H15N5. The molecule has 0 unspecified atom stereocenters. The van der Waals surface area contributed by atoms with E-state index in [1.807, 2.05) is 32.2 Å². The van der Waals surface area contributed by atoms with E-state index in [4.69, 9.17) is 0 Å². The second-order valence-electron chi connectivity index (χ2n) is 3.36. The molecule has 0 aromatic carbocycles. The molecular weight excluding hydrogens is 202 g/mol. The van der Waals surface area contributed by atoms with E-state index in [9.17, 15) is 0 Å². The molecule has 0 atom stereocenters. The number of aryl methyl sites for hydroxylation is 1. The van der Waals surface area contributed by atoms with E-state index in [2.05, 4.69) is 20.4 Å². The zero-order valence-corrected chi connectivity index (χ0v) is 9.51. The lowest BCUT2D eigenvalue weighted by atomic mass is 10.4. The molecule has 0 saturated carbocycles. The predicted molar refractivity (Wildman–Crippen MR) is 62.7 cm³/mol. The van der Waals surface area contributed by atoms with Gasteiger partial charge in [-0.05, 0) is 13.0 Å².